The lowest BCUT2D eigenvalue weighted by molar-refractivity contribution is -0.116. The van der Waals surface area contributed by atoms with E-state index >= 15 is 0 Å². The van der Waals surface area contributed by atoms with Gasteiger partial charge in [-0.05, 0) is 78.7 Å². The van der Waals surface area contributed by atoms with Crippen molar-refractivity contribution in [3.8, 4) is 22.8 Å². The van der Waals surface area contributed by atoms with E-state index in [0.29, 0.717) is 55.6 Å². The van der Waals surface area contributed by atoms with E-state index in [1.54, 1.807) is 87.0 Å². The fraction of sp³-hybridized carbons (Fsp3) is 0.135. The van der Waals surface area contributed by atoms with E-state index in [0.717, 1.165) is 10.5 Å². The van der Waals surface area contributed by atoms with Crippen LogP contribution in [0.1, 0.15) is 29.3 Å². The Morgan fingerprint density at radius 3 is 2.40 bits per heavy atom. The maximum absolute atomic E-state index is 13.6. The first-order valence-corrected chi connectivity index (χ1v) is 17.8. The summed E-state index contributed by atoms with van der Waals surface area (Å²) in [7, 11) is 3.15. The van der Waals surface area contributed by atoms with Gasteiger partial charge in [0.15, 0.2) is 16.6 Å². The van der Waals surface area contributed by atoms with E-state index in [9.17, 15) is 14.4 Å². The number of benzene rings is 4. The van der Waals surface area contributed by atoms with Crippen molar-refractivity contribution < 1.29 is 23.9 Å². The summed E-state index contributed by atoms with van der Waals surface area (Å²) in [6.45, 7) is 1.92. The molecule has 13 heteroatoms. The maximum atomic E-state index is 13.6. The first-order valence-electron chi connectivity index (χ1n) is 15.3. The molecule has 0 bridgehead atoms. The largest absolute Gasteiger partial charge is 0.493 e. The lowest BCUT2D eigenvalue weighted by Crippen LogP contribution is -2.30. The Morgan fingerprint density at radius 2 is 1.68 bits per heavy atom. The Morgan fingerprint density at radius 1 is 0.900 bits per heavy atom. The third-order valence-electron chi connectivity index (χ3n) is 7.24. The molecule has 0 saturated heterocycles. The Kier molecular flexibility index (Phi) is 12.6. The van der Waals surface area contributed by atoms with Gasteiger partial charge in [0.05, 0.1) is 25.2 Å². The van der Waals surface area contributed by atoms with Crippen molar-refractivity contribution in [3.63, 3.8) is 0 Å². The number of carbonyl (C=O) groups excluding carboxylic acids is 3. The third kappa shape index (κ3) is 9.45. The number of rotatable bonds is 13. The summed E-state index contributed by atoms with van der Waals surface area (Å²) in [5.41, 5.74) is 2.84. The second-order valence-electron chi connectivity index (χ2n) is 10.6. The van der Waals surface area contributed by atoms with Crippen LogP contribution < -0.4 is 25.4 Å². The number of anilines is 2. The van der Waals surface area contributed by atoms with Crippen LogP contribution in [-0.4, -0.2) is 42.2 Å². The van der Waals surface area contributed by atoms with Crippen LogP contribution in [0.3, 0.4) is 0 Å². The summed E-state index contributed by atoms with van der Waals surface area (Å²) >= 11 is 15.1. The summed E-state index contributed by atoms with van der Waals surface area (Å²) in [6.07, 6.45) is 2.03. The smallest absolute Gasteiger partial charge is 0.272 e. The van der Waals surface area contributed by atoms with Gasteiger partial charge in [0, 0.05) is 37.1 Å². The number of halogens is 2. The molecule has 0 aliphatic rings. The van der Waals surface area contributed by atoms with Crippen LogP contribution in [0.4, 0.5) is 10.8 Å². The number of thioether (sulfide) groups is 1. The number of thiazole rings is 1. The van der Waals surface area contributed by atoms with Crippen LogP contribution in [0, 0.1) is 0 Å². The van der Waals surface area contributed by atoms with E-state index in [2.05, 4.69) is 20.9 Å². The van der Waals surface area contributed by atoms with Gasteiger partial charge in [0.1, 0.15) is 5.70 Å². The molecule has 9 nitrogen and oxygen atoms in total. The fourth-order valence-electron chi connectivity index (χ4n) is 4.69. The lowest BCUT2D eigenvalue weighted by atomic mass is 10.1. The minimum atomic E-state index is -0.568. The van der Waals surface area contributed by atoms with Crippen LogP contribution in [0.25, 0.3) is 17.3 Å². The number of hydrogen-bond donors (Lipinski definition) is 3. The molecule has 256 valence electrons. The van der Waals surface area contributed by atoms with E-state index in [1.807, 2.05) is 30.5 Å². The average molecular weight is 748 g/mol. The Balaban J connectivity index is 1.28. The van der Waals surface area contributed by atoms with Gasteiger partial charge in [-0.3, -0.25) is 14.4 Å². The molecule has 50 heavy (non-hydrogen) atoms. The normalized spacial score (nSPS) is 11.7. The highest BCUT2D eigenvalue weighted by Gasteiger charge is 2.21. The first-order chi connectivity index (χ1) is 24.2. The standard InChI is InChI=1S/C37H32Cl2N4O5S2/c1-4-33(36(46)43-37-42-30(21-49-37)24-14-16-31(47-2)32(18-24)48-3)50-27-12-8-11-26(20-27)40-35(45)29(17-23-13-15-25(38)19-28(23)39)41-34(44)22-9-6-5-7-10-22/h5-21,33H,4H2,1-3H3,(H,40,45)(H,41,44)(H,42,43,46)/b29-17+. The van der Waals surface area contributed by atoms with Crippen molar-refractivity contribution in [2.24, 2.45) is 0 Å². The van der Waals surface area contributed by atoms with Crippen LogP contribution in [-0.2, 0) is 9.59 Å². The molecule has 0 aliphatic carbocycles. The molecule has 3 amide bonds. The summed E-state index contributed by atoms with van der Waals surface area (Å²) in [4.78, 5) is 45.3. The number of amides is 3. The zero-order valence-corrected chi connectivity index (χ0v) is 30.3. The van der Waals surface area contributed by atoms with Gasteiger partial charge in [0.2, 0.25) is 5.91 Å². The molecular weight excluding hydrogens is 715 g/mol. The minimum absolute atomic E-state index is 0.0251. The predicted molar refractivity (Wildman–Crippen MR) is 203 cm³/mol. The van der Waals surface area contributed by atoms with Crippen molar-refractivity contribution in [2.75, 3.05) is 24.9 Å². The van der Waals surface area contributed by atoms with Crippen molar-refractivity contribution in [3.05, 3.63) is 123 Å². The molecule has 0 saturated carbocycles. The second kappa shape index (κ2) is 17.2. The number of hydrogen-bond acceptors (Lipinski definition) is 8. The van der Waals surface area contributed by atoms with Gasteiger partial charge in [-0.2, -0.15) is 0 Å². The quantitative estimate of drug-likeness (QED) is 0.0813. The molecule has 0 spiro atoms. The summed E-state index contributed by atoms with van der Waals surface area (Å²) in [5, 5.41) is 11.1. The zero-order valence-electron chi connectivity index (χ0n) is 27.2. The highest BCUT2D eigenvalue weighted by molar-refractivity contribution is 8.00. The number of nitrogens with one attached hydrogen (secondary N) is 3. The number of aromatic nitrogens is 1. The van der Waals surface area contributed by atoms with Crippen molar-refractivity contribution in [1.29, 1.82) is 0 Å². The van der Waals surface area contributed by atoms with Crippen LogP contribution in [0.2, 0.25) is 10.0 Å². The summed E-state index contributed by atoms with van der Waals surface area (Å²) in [6, 6.07) is 26.0. The molecule has 0 aliphatic heterocycles. The lowest BCUT2D eigenvalue weighted by Gasteiger charge is -2.15. The van der Waals surface area contributed by atoms with Gasteiger partial charge in [-0.25, -0.2) is 4.98 Å². The van der Waals surface area contributed by atoms with E-state index in [4.69, 9.17) is 32.7 Å². The number of ether oxygens (including phenoxy) is 2. The molecule has 5 rings (SSSR count). The van der Waals surface area contributed by atoms with E-state index < -0.39 is 17.1 Å². The molecule has 1 aromatic heterocycles. The highest BCUT2D eigenvalue weighted by atomic mass is 35.5. The number of nitrogens with zero attached hydrogens (tertiary/aromatic N) is 1. The second-order valence-corrected chi connectivity index (χ2v) is 13.6. The summed E-state index contributed by atoms with van der Waals surface area (Å²) in [5.74, 6) is -0.0370. The van der Waals surface area contributed by atoms with Crippen molar-refractivity contribution in [2.45, 2.75) is 23.5 Å². The monoisotopic (exact) mass is 746 g/mol. The van der Waals surface area contributed by atoms with Crippen LogP contribution in [0.15, 0.2) is 107 Å². The molecule has 1 heterocycles. The molecule has 0 fully saturated rings. The Bertz CT molecular complexity index is 2040. The predicted octanol–water partition coefficient (Wildman–Crippen LogP) is 9.05. The molecule has 4 aromatic carbocycles. The highest BCUT2D eigenvalue weighted by Crippen LogP contribution is 2.34. The van der Waals surface area contributed by atoms with Crippen LogP contribution in [0.5, 0.6) is 11.5 Å². The zero-order chi connectivity index (χ0) is 35.6. The molecule has 1 atom stereocenters. The number of carbonyl (C=O) groups is 3. The van der Waals surface area contributed by atoms with E-state index in [-0.39, 0.29) is 11.6 Å². The summed E-state index contributed by atoms with van der Waals surface area (Å²) < 4.78 is 10.7. The van der Waals surface area contributed by atoms with E-state index in [1.165, 1.54) is 29.2 Å². The minimum Gasteiger partial charge on any atom is -0.493 e. The molecule has 3 N–H and O–H groups in total. The van der Waals surface area contributed by atoms with Gasteiger partial charge in [-0.1, -0.05) is 60.5 Å². The molecular formula is C37H32Cl2N4O5S2. The van der Waals surface area contributed by atoms with Gasteiger partial charge < -0.3 is 25.4 Å². The van der Waals surface area contributed by atoms with Crippen molar-refractivity contribution >= 4 is 80.9 Å². The average Bonchev–Trinajstić information content (AvgIpc) is 3.59. The maximum Gasteiger partial charge on any atom is 0.272 e. The Labute approximate surface area is 308 Å². The van der Waals surface area contributed by atoms with Crippen LogP contribution >= 0.6 is 46.3 Å². The third-order valence-corrected chi connectivity index (χ3v) is 9.92. The molecule has 5 aromatic rings. The Hall–Kier alpha value is -4.81. The fourth-order valence-corrected chi connectivity index (χ4v) is 6.89. The number of methoxy groups -OCH3 is 2. The van der Waals surface area contributed by atoms with Gasteiger partial charge in [-0.15, -0.1) is 23.1 Å². The van der Waals surface area contributed by atoms with Gasteiger partial charge in [0.25, 0.3) is 11.8 Å². The van der Waals surface area contributed by atoms with Gasteiger partial charge >= 0.3 is 0 Å². The molecule has 0 radical (unpaired) electrons. The first kappa shape index (κ1) is 36.5. The SMILES string of the molecule is CCC(Sc1cccc(NC(=O)/C(=C\c2ccc(Cl)cc2Cl)NC(=O)c2ccccc2)c1)C(=O)Nc1nc(-c2ccc(OC)c(OC)c2)cs1. The topological polar surface area (TPSA) is 119 Å². The molecule has 1 unspecified atom stereocenters. The van der Waals surface area contributed by atoms with Crippen molar-refractivity contribution in [1.82, 2.24) is 10.3 Å².